The smallest absolute Gasteiger partial charge is 0.352 e. The fraction of sp³-hybridized carbons (Fsp3) is 0.240. The number of benzene rings is 2. The Morgan fingerprint density at radius 2 is 1.91 bits per heavy atom. The molecule has 1 fully saturated rings. The van der Waals surface area contributed by atoms with Crippen molar-refractivity contribution in [3.8, 4) is 5.75 Å². The molecule has 230 valence electrons. The number of tetrazole rings is 1. The Kier molecular flexibility index (Phi) is 8.64. The quantitative estimate of drug-likeness (QED) is 0.111. The fourth-order valence-corrected chi connectivity index (χ4v) is 7.38. The Morgan fingerprint density at radius 1 is 1.18 bits per heavy atom. The van der Waals surface area contributed by atoms with Crippen molar-refractivity contribution < 1.29 is 42.4 Å². The third kappa shape index (κ3) is 6.11. The number of aryl methyl sites for hydroxylation is 1. The van der Waals surface area contributed by atoms with Gasteiger partial charge < -0.3 is 20.8 Å². The molecule has 5 rings (SSSR count). The van der Waals surface area contributed by atoms with E-state index in [2.05, 4.69) is 26.2 Å². The van der Waals surface area contributed by atoms with Crippen molar-refractivity contribution >= 4 is 57.3 Å². The molecule has 2 aromatic carbocycles. The molecule has 0 saturated carbocycles. The second kappa shape index (κ2) is 12.3. The molecule has 1 saturated heterocycles. The van der Waals surface area contributed by atoms with E-state index in [1.54, 1.807) is 25.2 Å². The molecule has 2 aliphatic heterocycles. The van der Waals surface area contributed by atoms with Gasteiger partial charge in [0, 0.05) is 18.6 Å². The first-order chi connectivity index (χ1) is 20.9. The van der Waals surface area contributed by atoms with Gasteiger partial charge in [-0.2, -0.15) is 8.42 Å². The lowest BCUT2D eigenvalue weighted by molar-refractivity contribution is -0.151. The molecule has 0 aliphatic carbocycles. The highest BCUT2D eigenvalue weighted by Gasteiger charge is 2.54. The van der Waals surface area contributed by atoms with E-state index in [4.69, 9.17) is 0 Å². The van der Waals surface area contributed by atoms with E-state index in [1.165, 1.54) is 40.3 Å². The van der Waals surface area contributed by atoms with Crippen molar-refractivity contribution in [1.29, 1.82) is 0 Å². The minimum absolute atomic E-state index is 0.186. The molecule has 16 nitrogen and oxygen atoms in total. The number of fused-ring (bicyclic) bond motifs is 1. The van der Waals surface area contributed by atoms with Crippen molar-refractivity contribution in [2.45, 2.75) is 27.5 Å². The summed E-state index contributed by atoms with van der Waals surface area (Å²) in [5.74, 6) is -3.96. The molecular weight excluding hydrogens is 639 g/mol. The van der Waals surface area contributed by atoms with Gasteiger partial charge in [0.25, 0.3) is 21.9 Å². The highest BCUT2D eigenvalue weighted by atomic mass is 32.2. The largest absolute Gasteiger partial charge is 0.507 e. The van der Waals surface area contributed by atoms with E-state index >= 15 is 0 Å². The van der Waals surface area contributed by atoms with E-state index in [0.717, 1.165) is 23.1 Å². The zero-order chi connectivity index (χ0) is 31.8. The summed E-state index contributed by atoms with van der Waals surface area (Å²) in [4.78, 5) is 52.5. The van der Waals surface area contributed by atoms with Crippen LogP contribution >= 0.6 is 23.5 Å². The van der Waals surface area contributed by atoms with Crippen molar-refractivity contribution in [2.24, 2.45) is 7.05 Å². The van der Waals surface area contributed by atoms with Crippen LogP contribution in [0, 0.1) is 0 Å². The summed E-state index contributed by atoms with van der Waals surface area (Å²) in [5, 5.41) is 36.0. The lowest BCUT2D eigenvalue weighted by atomic mass is 10.0. The van der Waals surface area contributed by atoms with E-state index in [1.807, 2.05) is 0 Å². The number of aromatic nitrogens is 4. The summed E-state index contributed by atoms with van der Waals surface area (Å²) in [6.07, 6.45) is 0. The molecule has 0 bridgehead atoms. The number of carbonyl (C=O) groups is 4. The van der Waals surface area contributed by atoms with Gasteiger partial charge in [-0.05, 0) is 39.8 Å². The molecule has 3 heterocycles. The van der Waals surface area contributed by atoms with Gasteiger partial charge >= 0.3 is 5.97 Å². The molecule has 2 aliphatic rings. The van der Waals surface area contributed by atoms with Crippen LogP contribution in [0.15, 0.2) is 69.9 Å². The molecule has 0 radical (unpaired) electrons. The number of phenols is 1. The van der Waals surface area contributed by atoms with E-state index in [0.29, 0.717) is 16.3 Å². The summed E-state index contributed by atoms with van der Waals surface area (Å²) in [5.41, 5.74) is 0.0638. The number of phenolic OH excluding ortho intramolecular Hbond substituents is 1. The number of hydrogen-bond donors (Lipinski definition) is 5. The van der Waals surface area contributed by atoms with Crippen LogP contribution in [0.25, 0.3) is 0 Å². The number of aliphatic carboxylic acids is 1. The molecule has 19 heteroatoms. The lowest BCUT2D eigenvalue weighted by Crippen LogP contribution is -2.71. The van der Waals surface area contributed by atoms with Crippen molar-refractivity contribution in [2.75, 3.05) is 11.5 Å². The van der Waals surface area contributed by atoms with Crippen molar-refractivity contribution in [3.05, 3.63) is 70.9 Å². The van der Waals surface area contributed by atoms with Gasteiger partial charge in [-0.15, -0.1) is 16.9 Å². The van der Waals surface area contributed by atoms with Gasteiger partial charge in [0.2, 0.25) is 11.1 Å². The normalized spacial score (nSPS) is 18.7. The average Bonchev–Trinajstić information content (AvgIpc) is 3.40. The standard InChI is InChI=1S/C25H23N7O9S3/c1-31-25(28-29-30-31)43-11-13-10-42-23-18(22(36)32(23)19(13)24(37)38)27-21(35)17(12-5-3-2-4-6-12)26-20(34)15-9-14(44(39,40)41)7-8-16(15)33/h2-9,17-18,23,33H,10-11H2,1H3,(H,26,34)(H,27,35)(H,37,38)(H,39,40,41)/t17-,18?,23-/m0/s1. The number of carboxylic acid groups (broad SMARTS) is 1. The van der Waals surface area contributed by atoms with E-state index in [9.17, 15) is 42.4 Å². The maximum atomic E-state index is 13.5. The highest BCUT2D eigenvalue weighted by molar-refractivity contribution is 8.01. The van der Waals surface area contributed by atoms with Crippen molar-refractivity contribution in [1.82, 2.24) is 35.7 Å². The van der Waals surface area contributed by atoms with E-state index < -0.39 is 67.5 Å². The summed E-state index contributed by atoms with van der Waals surface area (Å²) in [6, 6.07) is 7.98. The molecule has 1 unspecified atom stereocenters. The van der Waals surface area contributed by atoms with Gasteiger partial charge in [0.05, 0.1) is 10.5 Å². The zero-order valence-corrected chi connectivity index (χ0v) is 25.0. The van der Waals surface area contributed by atoms with Crippen molar-refractivity contribution in [3.63, 3.8) is 0 Å². The van der Waals surface area contributed by atoms with Crippen LogP contribution in [0.4, 0.5) is 0 Å². The first-order valence-electron chi connectivity index (χ1n) is 12.6. The Morgan fingerprint density at radius 3 is 2.55 bits per heavy atom. The summed E-state index contributed by atoms with van der Waals surface area (Å²) in [6.45, 7) is 0. The first kappa shape index (κ1) is 31.0. The Labute approximate surface area is 257 Å². The van der Waals surface area contributed by atoms with Crippen LogP contribution in [0.1, 0.15) is 22.0 Å². The molecule has 3 amide bonds. The maximum absolute atomic E-state index is 13.5. The number of β-lactam (4-membered cyclic amide) rings is 1. The number of rotatable bonds is 10. The number of carbonyl (C=O) groups excluding carboxylic acids is 3. The van der Waals surface area contributed by atoms with Gasteiger partial charge in [0.1, 0.15) is 28.9 Å². The van der Waals surface area contributed by atoms with Gasteiger partial charge in [-0.1, -0.05) is 42.1 Å². The van der Waals surface area contributed by atoms with Crippen LogP contribution in [-0.4, -0.2) is 94.9 Å². The minimum Gasteiger partial charge on any atom is -0.507 e. The molecule has 1 aromatic heterocycles. The van der Waals surface area contributed by atoms with Crippen LogP contribution in [-0.2, 0) is 31.5 Å². The van der Waals surface area contributed by atoms with Crippen LogP contribution in [0.2, 0.25) is 0 Å². The number of carboxylic acids is 1. The van der Waals surface area contributed by atoms with Crippen LogP contribution in [0.3, 0.4) is 0 Å². The van der Waals surface area contributed by atoms with Gasteiger partial charge in [-0.3, -0.25) is 23.8 Å². The molecule has 44 heavy (non-hydrogen) atoms. The Bertz CT molecular complexity index is 1800. The number of nitrogens with zero attached hydrogens (tertiary/aromatic N) is 5. The number of hydrogen-bond acceptors (Lipinski definition) is 12. The maximum Gasteiger partial charge on any atom is 0.352 e. The summed E-state index contributed by atoms with van der Waals surface area (Å²) >= 11 is 2.47. The molecule has 5 N–H and O–H groups in total. The second-order valence-corrected chi connectivity index (χ2v) is 13.0. The highest BCUT2D eigenvalue weighted by Crippen LogP contribution is 2.41. The van der Waals surface area contributed by atoms with E-state index in [-0.39, 0.29) is 17.2 Å². The minimum atomic E-state index is -4.70. The molecule has 3 atom stereocenters. The lowest BCUT2D eigenvalue weighted by Gasteiger charge is -2.49. The predicted octanol–water partition coefficient (Wildman–Crippen LogP) is 0.164. The molecule has 3 aromatic rings. The monoisotopic (exact) mass is 661 g/mol. The SMILES string of the molecule is Cn1nnnc1SCC1=C(C(=O)O)N2C(=O)C(NC(=O)[C@@H](NC(=O)c3cc(S(=O)(=O)O)ccc3O)c3ccccc3)[C@@H]2SC1. The third-order valence-electron chi connectivity index (χ3n) is 6.69. The van der Waals surface area contributed by atoms with Crippen LogP contribution < -0.4 is 10.6 Å². The number of aromatic hydroxyl groups is 1. The summed E-state index contributed by atoms with van der Waals surface area (Å²) < 4.78 is 33.9. The number of nitrogens with one attached hydrogen (secondary N) is 2. The topological polar surface area (TPSA) is 234 Å². The average molecular weight is 662 g/mol. The Balaban J connectivity index is 1.35. The zero-order valence-electron chi connectivity index (χ0n) is 22.5. The third-order valence-corrected chi connectivity index (χ3v) is 9.97. The Hall–Kier alpha value is -4.46. The first-order valence-corrected chi connectivity index (χ1v) is 16.1. The number of thioether (sulfide) groups is 2. The summed E-state index contributed by atoms with van der Waals surface area (Å²) in [7, 11) is -3.07. The predicted molar refractivity (Wildman–Crippen MR) is 154 cm³/mol. The van der Waals surface area contributed by atoms with Gasteiger partial charge in [-0.25, -0.2) is 9.48 Å². The molecular formula is C25H23N7O9S3. The molecule has 0 spiro atoms. The second-order valence-electron chi connectivity index (χ2n) is 9.50. The fourth-order valence-electron chi connectivity index (χ4n) is 4.54. The van der Waals surface area contributed by atoms with Gasteiger partial charge in [0.15, 0.2) is 0 Å². The number of amides is 3. The van der Waals surface area contributed by atoms with Crippen LogP contribution in [0.5, 0.6) is 5.75 Å².